The van der Waals surface area contributed by atoms with E-state index in [4.69, 9.17) is 9.26 Å². The first-order valence-corrected chi connectivity index (χ1v) is 6.11. The second-order valence-corrected chi connectivity index (χ2v) is 4.32. The molecule has 1 atom stereocenters. The molecule has 1 unspecified atom stereocenters. The summed E-state index contributed by atoms with van der Waals surface area (Å²) >= 11 is 0. The molecule has 0 saturated carbocycles. The summed E-state index contributed by atoms with van der Waals surface area (Å²) in [5, 5.41) is 3.83. The molecule has 0 aliphatic heterocycles. The summed E-state index contributed by atoms with van der Waals surface area (Å²) in [4.78, 5) is 16.1. The first-order valence-electron chi connectivity index (χ1n) is 6.11. The van der Waals surface area contributed by atoms with Crippen molar-refractivity contribution in [2.24, 2.45) is 0 Å². The molecule has 0 aliphatic carbocycles. The van der Waals surface area contributed by atoms with E-state index >= 15 is 0 Å². The molecule has 19 heavy (non-hydrogen) atoms. The maximum Gasteiger partial charge on any atom is 0.234 e. The number of nitrogens with zero attached hydrogens (tertiary/aromatic N) is 2. The molecule has 5 nitrogen and oxygen atoms in total. The molecule has 2 rings (SSSR count). The average Bonchev–Trinajstić information content (AvgIpc) is 2.86. The second-order valence-electron chi connectivity index (χ2n) is 4.32. The normalized spacial score (nSPS) is 12.3. The Bertz CT molecular complexity index is 537. The lowest BCUT2D eigenvalue weighted by molar-refractivity contribution is 0.0983. The molecular formula is C14H16N2O3. The minimum absolute atomic E-state index is 0.0234. The van der Waals surface area contributed by atoms with Gasteiger partial charge in [-0.3, -0.25) is 4.79 Å². The van der Waals surface area contributed by atoms with E-state index in [0.29, 0.717) is 23.7 Å². The fourth-order valence-corrected chi connectivity index (χ4v) is 1.65. The van der Waals surface area contributed by atoms with Crippen molar-refractivity contribution in [2.75, 3.05) is 7.11 Å². The summed E-state index contributed by atoms with van der Waals surface area (Å²) in [6.07, 6.45) is 0.716. The Labute approximate surface area is 111 Å². The first-order chi connectivity index (χ1) is 9.19. The number of Topliss-reactive ketones (excluding diaryl/α,β-unsaturated/α-hetero) is 1. The van der Waals surface area contributed by atoms with E-state index in [1.165, 1.54) is 0 Å². The summed E-state index contributed by atoms with van der Waals surface area (Å²) in [6, 6.07) is 9.06. The van der Waals surface area contributed by atoms with E-state index in [9.17, 15) is 4.79 Å². The van der Waals surface area contributed by atoms with Gasteiger partial charge in [-0.25, -0.2) is 0 Å². The van der Waals surface area contributed by atoms with Crippen molar-refractivity contribution in [3.8, 4) is 0 Å². The van der Waals surface area contributed by atoms with Crippen LogP contribution < -0.4 is 0 Å². The lowest BCUT2D eigenvalue weighted by Crippen LogP contribution is -2.10. The molecule has 0 bridgehead atoms. The standard InChI is InChI=1S/C14H16N2O3/c1-10(18-2)8-13-15-14(19-16-13)9-12(17)11-6-4-3-5-7-11/h3-7,10H,8-9H2,1-2H3. The van der Waals surface area contributed by atoms with Crippen molar-refractivity contribution in [1.29, 1.82) is 0 Å². The average molecular weight is 260 g/mol. The summed E-state index contributed by atoms with van der Waals surface area (Å²) < 4.78 is 10.2. The smallest absolute Gasteiger partial charge is 0.234 e. The van der Waals surface area contributed by atoms with Crippen LogP contribution in [0.25, 0.3) is 0 Å². The van der Waals surface area contributed by atoms with Gasteiger partial charge in [-0.1, -0.05) is 35.5 Å². The molecule has 0 aliphatic rings. The van der Waals surface area contributed by atoms with Crippen LogP contribution in [0.4, 0.5) is 0 Å². The molecule has 0 N–H and O–H groups in total. The third-order valence-electron chi connectivity index (χ3n) is 2.79. The van der Waals surface area contributed by atoms with Crippen molar-refractivity contribution < 1.29 is 14.1 Å². The Kier molecular flexibility index (Phi) is 4.41. The third-order valence-corrected chi connectivity index (χ3v) is 2.79. The summed E-state index contributed by atoms with van der Waals surface area (Å²) in [6.45, 7) is 1.92. The maximum absolute atomic E-state index is 11.9. The van der Waals surface area contributed by atoms with Crippen molar-refractivity contribution in [3.63, 3.8) is 0 Å². The third kappa shape index (κ3) is 3.72. The van der Waals surface area contributed by atoms with Crippen LogP contribution in [-0.4, -0.2) is 29.1 Å². The zero-order valence-corrected chi connectivity index (χ0v) is 11.0. The summed E-state index contributed by atoms with van der Waals surface area (Å²) in [5.74, 6) is 0.868. The SMILES string of the molecule is COC(C)Cc1noc(CC(=O)c2ccccc2)n1. The molecule has 0 fully saturated rings. The summed E-state index contributed by atoms with van der Waals surface area (Å²) in [5.41, 5.74) is 0.646. The summed E-state index contributed by atoms with van der Waals surface area (Å²) in [7, 11) is 1.63. The number of benzene rings is 1. The fourth-order valence-electron chi connectivity index (χ4n) is 1.65. The number of carbonyl (C=O) groups is 1. The largest absolute Gasteiger partial charge is 0.381 e. The number of aromatic nitrogens is 2. The molecule has 0 radical (unpaired) electrons. The zero-order valence-electron chi connectivity index (χ0n) is 11.0. The van der Waals surface area contributed by atoms with Crippen LogP contribution in [0.15, 0.2) is 34.9 Å². The maximum atomic E-state index is 11.9. The van der Waals surface area contributed by atoms with E-state index in [0.717, 1.165) is 0 Å². The molecule has 0 spiro atoms. The van der Waals surface area contributed by atoms with Crippen LogP contribution in [-0.2, 0) is 17.6 Å². The highest BCUT2D eigenvalue weighted by Crippen LogP contribution is 2.07. The van der Waals surface area contributed by atoms with Crippen molar-refractivity contribution in [1.82, 2.24) is 10.1 Å². The number of rotatable bonds is 6. The van der Waals surface area contributed by atoms with Gasteiger partial charge in [0.2, 0.25) is 5.89 Å². The highest BCUT2D eigenvalue weighted by atomic mass is 16.5. The molecule has 100 valence electrons. The van der Waals surface area contributed by atoms with E-state index in [1.807, 2.05) is 25.1 Å². The van der Waals surface area contributed by atoms with Crippen LogP contribution in [0, 0.1) is 0 Å². The Hall–Kier alpha value is -2.01. The Morgan fingerprint density at radius 1 is 1.37 bits per heavy atom. The van der Waals surface area contributed by atoms with Crippen LogP contribution >= 0.6 is 0 Å². The van der Waals surface area contributed by atoms with Gasteiger partial charge in [0.1, 0.15) is 0 Å². The molecule has 1 heterocycles. The lowest BCUT2D eigenvalue weighted by Gasteiger charge is -2.03. The zero-order chi connectivity index (χ0) is 13.7. The van der Waals surface area contributed by atoms with E-state index in [-0.39, 0.29) is 18.3 Å². The first kappa shape index (κ1) is 13.4. The molecule has 2 aromatic rings. The Morgan fingerprint density at radius 2 is 2.11 bits per heavy atom. The highest BCUT2D eigenvalue weighted by molar-refractivity contribution is 5.96. The minimum atomic E-state index is -0.0319. The number of methoxy groups -OCH3 is 1. The van der Waals surface area contributed by atoms with Crippen molar-refractivity contribution in [2.45, 2.75) is 25.9 Å². The molecule has 0 amide bonds. The van der Waals surface area contributed by atoms with Gasteiger partial charge in [-0.05, 0) is 6.92 Å². The van der Waals surface area contributed by atoms with Gasteiger partial charge < -0.3 is 9.26 Å². The van der Waals surface area contributed by atoms with Gasteiger partial charge in [0.15, 0.2) is 11.6 Å². The van der Waals surface area contributed by atoms with E-state index in [2.05, 4.69) is 10.1 Å². The predicted octanol–water partition coefficient (Wildman–Crippen LogP) is 2.07. The topological polar surface area (TPSA) is 65.2 Å². The Balaban J connectivity index is 1.98. The molecular weight excluding hydrogens is 244 g/mol. The predicted molar refractivity (Wildman–Crippen MR) is 68.9 cm³/mol. The fraction of sp³-hybridized carbons (Fsp3) is 0.357. The number of carbonyl (C=O) groups excluding carboxylic acids is 1. The van der Waals surface area contributed by atoms with Gasteiger partial charge in [0.05, 0.1) is 12.5 Å². The second kappa shape index (κ2) is 6.24. The van der Waals surface area contributed by atoms with Gasteiger partial charge in [-0.2, -0.15) is 4.98 Å². The van der Waals surface area contributed by atoms with Crippen molar-refractivity contribution >= 4 is 5.78 Å². The number of hydrogen-bond acceptors (Lipinski definition) is 5. The van der Waals surface area contributed by atoms with Gasteiger partial charge >= 0.3 is 0 Å². The van der Waals surface area contributed by atoms with Crippen molar-refractivity contribution in [3.05, 3.63) is 47.6 Å². The molecule has 1 aromatic heterocycles. The van der Waals surface area contributed by atoms with Crippen LogP contribution in [0.5, 0.6) is 0 Å². The lowest BCUT2D eigenvalue weighted by atomic mass is 10.1. The Morgan fingerprint density at radius 3 is 2.79 bits per heavy atom. The quantitative estimate of drug-likeness (QED) is 0.744. The number of hydrogen-bond donors (Lipinski definition) is 0. The monoisotopic (exact) mass is 260 g/mol. The minimum Gasteiger partial charge on any atom is -0.381 e. The molecule has 1 aromatic carbocycles. The van der Waals surface area contributed by atoms with E-state index in [1.54, 1.807) is 19.2 Å². The van der Waals surface area contributed by atoms with Gasteiger partial charge in [-0.15, -0.1) is 0 Å². The number of ketones is 1. The van der Waals surface area contributed by atoms with Crippen LogP contribution in [0.1, 0.15) is 29.0 Å². The van der Waals surface area contributed by atoms with Crippen LogP contribution in [0.3, 0.4) is 0 Å². The molecule has 0 saturated heterocycles. The highest BCUT2D eigenvalue weighted by Gasteiger charge is 2.14. The van der Waals surface area contributed by atoms with Gasteiger partial charge in [0.25, 0.3) is 0 Å². The van der Waals surface area contributed by atoms with Crippen LogP contribution in [0.2, 0.25) is 0 Å². The molecule has 5 heteroatoms. The number of ether oxygens (including phenoxy) is 1. The van der Waals surface area contributed by atoms with Gasteiger partial charge in [0, 0.05) is 19.1 Å². The van der Waals surface area contributed by atoms with E-state index < -0.39 is 0 Å².